The fourth-order valence-electron chi connectivity index (χ4n) is 2.80. The molecule has 1 aliphatic carbocycles. The Kier molecular flexibility index (Phi) is 7.23. The van der Waals surface area contributed by atoms with Crippen molar-refractivity contribution < 1.29 is 4.74 Å². The average molecular weight is 238 g/mol. The Morgan fingerprint density at radius 1 is 1.24 bits per heavy atom. The first-order valence-corrected chi connectivity index (χ1v) is 6.91. The highest BCUT2D eigenvalue weighted by molar-refractivity contribution is 4.81. The number of methoxy groups -OCH3 is 1. The van der Waals surface area contributed by atoms with Crippen molar-refractivity contribution in [2.24, 2.45) is 5.92 Å². The largest absolute Gasteiger partial charge is 0.383 e. The average Bonchev–Trinajstić information content (AvgIpc) is 2.39. The van der Waals surface area contributed by atoms with E-state index in [-0.39, 0.29) is 0 Å². The molecule has 0 radical (unpaired) electrons. The quantitative estimate of drug-likeness (QED) is 0.684. The van der Waals surface area contributed by atoms with E-state index in [1.807, 2.05) is 0 Å². The van der Waals surface area contributed by atoms with Gasteiger partial charge in [-0.2, -0.15) is 5.26 Å². The molecular weight excluding hydrogens is 212 g/mol. The molecule has 0 amide bonds. The van der Waals surface area contributed by atoms with Crippen molar-refractivity contribution in [3.05, 3.63) is 0 Å². The van der Waals surface area contributed by atoms with E-state index in [0.717, 1.165) is 25.6 Å². The Bertz CT molecular complexity index is 229. The Morgan fingerprint density at radius 3 is 2.47 bits per heavy atom. The van der Waals surface area contributed by atoms with Gasteiger partial charge < -0.3 is 4.74 Å². The third-order valence-electron chi connectivity index (χ3n) is 4.00. The molecule has 0 N–H and O–H groups in total. The van der Waals surface area contributed by atoms with Crippen LogP contribution < -0.4 is 0 Å². The molecule has 3 heteroatoms. The van der Waals surface area contributed by atoms with Gasteiger partial charge in [0.1, 0.15) is 0 Å². The summed E-state index contributed by atoms with van der Waals surface area (Å²) in [6.45, 7) is 4.95. The van der Waals surface area contributed by atoms with Crippen molar-refractivity contribution in [2.45, 2.75) is 51.5 Å². The Hall–Kier alpha value is -0.590. The summed E-state index contributed by atoms with van der Waals surface area (Å²) in [5, 5.41) is 8.71. The number of nitriles is 1. The molecule has 0 aliphatic heterocycles. The van der Waals surface area contributed by atoms with Crippen LogP contribution >= 0.6 is 0 Å². The van der Waals surface area contributed by atoms with Crippen molar-refractivity contribution in [2.75, 3.05) is 26.8 Å². The highest BCUT2D eigenvalue weighted by atomic mass is 16.5. The maximum absolute atomic E-state index is 8.71. The lowest BCUT2D eigenvalue weighted by Gasteiger charge is -2.36. The Balaban J connectivity index is 2.38. The minimum Gasteiger partial charge on any atom is -0.383 e. The van der Waals surface area contributed by atoms with Crippen LogP contribution in [0.4, 0.5) is 0 Å². The van der Waals surface area contributed by atoms with Crippen molar-refractivity contribution in [1.82, 2.24) is 4.90 Å². The van der Waals surface area contributed by atoms with E-state index in [4.69, 9.17) is 10.00 Å². The van der Waals surface area contributed by atoms with Gasteiger partial charge in [-0.3, -0.25) is 4.90 Å². The van der Waals surface area contributed by atoms with Gasteiger partial charge in [-0.05, 0) is 31.6 Å². The second-order valence-corrected chi connectivity index (χ2v) is 5.02. The molecule has 0 aromatic rings. The van der Waals surface area contributed by atoms with Crippen molar-refractivity contribution >= 4 is 0 Å². The predicted molar refractivity (Wildman–Crippen MR) is 69.7 cm³/mol. The first kappa shape index (κ1) is 14.5. The minimum absolute atomic E-state index is 0.636. The van der Waals surface area contributed by atoms with Crippen LogP contribution in [0.25, 0.3) is 0 Å². The van der Waals surface area contributed by atoms with E-state index in [9.17, 15) is 0 Å². The van der Waals surface area contributed by atoms with Gasteiger partial charge in [-0.1, -0.05) is 13.3 Å². The number of hydrogen-bond donors (Lipinski definition) is 0. The van der Waals surface area contributed by atoms with Gasteiger partial charge in [0.2, 0.25) is 0 Å². The minimum atomic E-state index is 0.636. The van der Waals surface area contributed by atoms with Crippen molar-refractivity contribution in [3.63, 3.8) is 0 Å². The van der Waals surface area contributed by atoms with Gasteiger partial charge in [0, 0.05) is 32.7 Å². The number of hydrogen-bond acceptors (Lipinski definition) is 3. The lowest BCUT2D eigenvalue weighted by atomic mass is 9.84. The zero-order valence-electron chi connectivity index (χ0n) is 11.3. The maximum Gasteiger partial charge on any atom is 0.0635 e. The van der Waals surface area contributed by atoms with Crippen molar-refractivity contribution in [1.29, 1.82) is 5.26 Å². The van der Waals surface area contributed by atoms with Gasteiger partial charge in [-0.25, -0.2) is 0 Å². The van der Waals surface area contributed by atoms with Crippen molar-refractivity contribution in [3.8, 4) is 6.07 Å². The van der Waals surface area contributed by atoms with Crippen LogP contribution in [-0.2, 0) is 4.74 Å². The predicted octanol–water partition coefficient (Wildman–Crippen LogP) is 2.82. The van der Waals surface area contributed by atoms with Gasteiger partial charge in [0.15, 0.2) is 0 Å². The van der Waals surface area contributed by atoms with E-state index in [0.29, 0.717) is 12.5 Å². The van der Waals surface area contributed by atoms with Crippen LogP contribution in [0.1, 0.15) is 45.4 Å². The molecule has 1 fully saturated rings. The summed E-state index contributed by atoms with van der Waals surface area (Å²) in [6.07, 6.45) is 7.27. The monoisotopic (exact) mass is 238 g/mol. The molecule has 1 saturated carbocycles. The molecule has 17 heavy (non-hydrogen) atoms. The summed E-state index contributed by atoms with van der Waals surface area (Å²) < 4.78 is 5.16. The molecule has 0 spiro atoms. The number of rotatable bonds is 7. The molecule has 1 aliphatic rings. The number of ether oxygens (including phenoxy) is 1. The zero-order valence-corrected chi connectivity index (χ0v) is 11.3. The van der Waals surface area contributed by atoms with E-state index < -0.39 is 0 Å². The summed E-state index contributed by atoms with van der Waals surface area (Å²) in [7, 11) is 1.75. The maximum atomic E-state index is 8.71. The lowest BCUT2D eigenvalue weighted by molar-refractivity contribution is 0.0940. The first-order chi connectivity index (χ1) is 8.31. The van der Waals surface area contributed by atoms with E-state index in [2.05, 4.69) is 17.9 Å². The summed E-state index contributed by atoms with van der Waals surface area (Å²) in [5.74, 6) is 0.937. The fraction of sp³-hybridized carbons (Fsp3) is 0.929. The zero-order chi connectivity index (χ0) is 12.5. The summed E-state index contributed by atoms with van der Waals surface area (Å²) >= 11 is 0. The fourth-order valence-corrected chi connectivity index (χ4v) is 2.80. The normalized spacial score (nSPS) is 24.8. The lowest BCUT2D eigenvalue weighted by Crippen LogP contribution is -2.40. The van der Waals surface area contributed by atoms with Gasteiger partial charge >= 0.3 is 0 Å². The molecule has 98 valence electrons. The van der Waals surface area contributed by atoms with Gasteiger partial charge in [0.05, 0.1) is 12.7 Å². The van der Waals surface area contributed by atoms with Crippen LogP contribution in [0.15, 0.2) is 0 Å². The molecule has 0 unspecified atom stereocenters. The van der Waals surface area contributed by atoms with Crippen LogP contribution in [0.2, 0.25) is 0 Å². The Labute approximate surface area is 106 Å². The van der Waals surface area contributed by atoms with E-state index in [1.165, 1.54) is 32.1 Å². The molecule has 1 rings (SSSR count). The van der Waals surface area contributed by atoms with Crippen LogP contribution in [0.5, 0.6) is 0 Å². The molecular formula is C14H26N2O. The smallest absolute Gasteiger partial charge is 0.0635 e. The topological polar surface area (TPSA) is 36.3 Å². The van der Waals surface area contributed by atoms with Crippen LogP contribution in [0.3, 0.4) is 0 Å². The SMILES string of the molecule is CCC1CCC(N(CCC#N)CCOC)CC1. The summed E-state index contributed by atoms with van der Waals surface area (Å²) in [6, 6.07) is 2.93. The molecule has 0 saturated heterocycles. The van der Waals surface area contributed by atoms with E-state index >= 15 is 0 Å². The summed E-state index contributed by atoms with van der Waals surface area (Å²) in [4.78, 5) is 2.46. The highest BCUT2D eigenvalue weighted by Gasteiger charge is 2.24. The second-order valence-electron chi connectivity index (χ2n) is 5.02. The molecule has 0 bridgehead atoms. The van der Waals surface area contributed by atoms with Gasteiger partial charge in [-0.15, -0.1) is 0 Å². The molecule has 0 atom stereocenters. The van der Waals surface area contributed by atoms with Crippen LogP contribution in [-0.4, -0.2) is 37.7 Å². The second kappa shape index (κ2) is 8.49. The first-order valence-electron chi connectivity index (χ1n) is 6.91. The highest BCUT2D eigenvalue weighted by Crippen LogP contribution is 2.29. The number of nitrogens with zero attached hydrogens (tertiary/aromatic N) is 2. The molecule has 0 aromatic carbocycles. The van der Waals surface area contributed by atoms with E-state index in [1.54, 1.807) is 7.11 Å². The molecule has 0 heterocycles. The summed E-state index contributed by atoms with van der Waals surface area (Å²) in [5.41, 5.74) is 0. The van der Waals surface area contributed by atoms with Crippen LogP contribution in [0, 0.1) is 17.2 Å². The molecule has 0 aromatic heterocycles. The Morgan fingerprint density at radius 2 is 1.94 bits per heavy atom. The third kappa shape index (κ3) is 5.06. The van der Waals surface area contributed by atoms with Gasteiger partial charge in [0.25, 0.3) is 0 Å². The molecule has 3 nitrogen and oxygen atoms in total. The standard InChI is InChI=1S/C14H26N2O/c1-3-13-5-7-14(8-6-13)16(10-4-9-15)11-12-17-2/h13-14H,3-8,10-12H2,1-2H3. The third-order valence-corrected chi connectivity index (χ3v) is 4.00.